The maximum Gasteiger partial charge on any atom is 0.286 e. The molecular formula is C18H17BrF2N4O3S2. The Morgan fingerprint density at radius 1 is 1.27 bits per heavy atom. The Morgan fingerprint density at radius 3 is 2.67 bits per heavy atom. The number of nitrogens with zero attached hydrogens (tertiary/aromatic N) is 3. The van der Waals surface area contributed by atoms with Crippen molar-refractivity contribution in [2.45, 2.75) is 13.3 Å². The molecule has 0 fully saturated rings. The summed E-state index contributed by atoms with van der Waals surface area (Å²) in [6.45, 7) is 2.21. The lowest BCUT2D eigenvalue weighted by Gasteiger charge is -2.15. The van der Waals surface area contributed by atoms with Crippen LogP contribution in [0.4, 0.5) is 20.3 Å². The summed E-state index contributed by atoms with van der Waals surface area (Å²) < 4.78 is 49.9. The maximum absolute atomic E-state index is 13.9. The quantitative estimate of drug-likeness (QED) is 0.312. The number of nitrogens with one attached hydrogen (secondary N) is 1. The highest BCUT2D eigenvalue weighted by Crippen LogP contribution is 2.32. The second kappa shape index (κ2) is 10.4. The van der Waals surface area contributed by atoms with E-state index in [1.54, 1.807) is 24.4 Å². The number of rotatable bonds is 9. The highest BCUT2D eigenvalue weighted by Gasteiger charge is 2.16. The molecule has 160 valence electrons. The molecule has 1 aromatic carbocycles. The number of hydrogen-bond acceptors (Lipinski definition) is 6. The number of hydrogen-bond donors (Lipinski definition) is 2. The number of anilines is 2. The molecule has 7 nitrogen and oxygen atoms in total. The topological polar surface area (TPSA) is 87.6 Å². The van der Waals surface area contributed by atoms with Gasteiger partial charge in [0.1, 0.15) is 23.8 Å². The maximum atomic E-state index is 13.9. The lowest BCUT2D eigenvalue weighted by Crippen LogP contribution is -2.24. The van der Waals surface area contributed by atoms with E-state index >= 15 is 0 Å². The second-order valence-electron chi connectivity index (χ2n) is 5.89. The van der Waals surface area contributed by atoms with Crippen molar-refractivity contribution in [3.8, 4) is 10.6 Å². The van der Waals surface area contributed by atoms with Gasteiger partial charge >= 0.3 is 0 Å². The van der Waals surface area contributed by atoms with Crippen molar-refractivity contribution in [3.05, 3.63) is 57.6 Å². The molecular weight excluding hydrogens is 502 g/mol. The number of aromatic nitrogens is 2. The van der Waals surface area contributed by atoms with Crippen LogP contribution in [0, 0.1) is 11.6 Å². The van der Waals surface area contributed by atoms with Crippen molar-refractivity contribution in [1.29, 1.82) is 0 Å². The fraction of sp³-hybridized carbons (Fsp3) is 0.222. The molecule has 3 rings (SSSR count). The lowest BCUT2D eigenvalue weighted by molar-refractivity contribution is 0.162. The van der Waals surface area contributed by atoms with Gasteiger partial charge in [0.05, 0.1) is 22.9 Å². The predicted molar refractivity (Wildman–Crippen MR) is 116 cm³/mol. The fourth-order valence-electron chi connectivity index (χ4n) is 2.60. The average molecular weight is 519 g/mol. The smallest absolute Gasteiger partial charge is 0.286 e. The molecule has 1 atom stereocenters. The first-order chi connectivity index (χ1) is 14.4. The molecule has 0 bridgehead atoms. The lowest BCUT2D eigenvalue weighted by atomic mass is 10.1. The Morgan fingerprint density at radius 2 is 2.00 bits per heavy atom. The van der Waals surface area contributed by atoms with Crippen molar-refractivity contribution in [3.63, 3.8) is 0 Å². The molecule has 0 spiro atoms. The minimum atomic E-state index is -2.32. The first-order valence-corrected chi connectivity index (χ1v) is 11.4. The summed E-state index contributed by atoms with van der Waals surface area (Å²) in [6.07, 6.45) is 1.50. The van der Waals surface area contributed by atoms with Crippen LogP contribution in [-0.2, 0) is 22.5 Å². The summed E-state index contributed by atoms with van der Waals surface area (Å²) in [4.78, 5) is 14.2. The molecule has 0 saturated heterocycles. The van der Waals surface area contributed by atoms with Crippen LogP contribution in [0.5, 0.6) is 0 Å². The monoisotopic (exact) mass is 518 g/mol. The van der Waals surface area contributed by atoms with E-state index < -0.39 is 22.9 Å². The van der Waals surface area contributed by atoms with Gasteiger partial charge in [-0.15, -0.1) is 15.8 Å². The molecule has 2 aromatic heterocycles. The zero-order chi connectivity index (χ0) is 21.7. The van der Waals surface area contributed by atoms with E-state index in [1.807, 2.05) is 0 Å². The van der Waals surface area contributed by atoms with Gasteiger partial charge in [0.25, 0.3) is 11.3 Å². The Labute approximate surface area is 186 Å². The molecule has 0 aliphatic rings. The molecule has 12 heteroatoms. The molecule has 1 unspecified atom stereocenters. The van der Waals surface area contributed by atoms with Gasteiger partial charge in [0.2, 0.25) is 0 Å². The first-order valence-electron chi connectivity index (χ1n) is 8.71. The summed E-state index contributed by atoms with van der Waals surface area (Å²) >= 11 is 2.05. The van der Waals surface area contributed by atoms with Gasteiger partial charge in [-0.2, -0.15) is 0 Å². The van der Waals surface area contributed by atoms with E-state index in [9.17, 15) is 17.5 Å². The zero-order valence-corrected chi connectivity index (χ0v) is 18.9. The predicted octanol–water partition coefficient (Wildman–Crippen LogP) is 4.80. The average Bonchev–Trinajstić information content (AvgIpc) is 3.18. The van der Waals surface area contributed by atoms with Crippen molar-refractivity contribution in [2.75, 3.05) is 22.9 Å². The largest absolute Gasteiger partial charge is 0.370 e. The summed E-state index contributed by atoms with van der Waals surface area (Å²) in [5.74, 6) is -0.739. The van der Waals surface area contributed by atoms with Crippen LogP contribution in [0.15, 0.2) is 40.4 Å². The number of thiophene rings is 1. The third kappa shape index (κ3) is 5.58. The standard InChI is InChI=1S/C18H17BrF2N4O3S2/c1-2-28-25(30(26)27)12-7-17(29-9-12)16-8-18(24-10-23-16)22-4-3-13-14(20)5-11(19)6-15(13)21/h5-10H,2-4H2,1H3,(H,26,27)(H,22,23,24). The van der Waals surface area contributed by atoms with Crippen LogP contribution in [0.2, 0.25) is 0 Å². The van der Waals surface area contributed by atoms with E-state index in [4.69, 9.17) is 4.84 Å². The molecule has 0 amide bonds. The van der Waals surface area contributed by atoms with Gasteiger partial charge < -0.3 is 5.32 Å². The molecule has 0 saturated carbocycles. The van der Waals surface area contributed by atoms with Crippen molar-refractivity contribution in [1.82, 2.24) is 9.97 Å². The van der Waals surface area contributed by atoms with E-state index in [1.165, 1.54) is 29.8 Å². The van der Waals surface area contributed by atoms with Gasteiger partial charge in [-0.3, -0.25) is 9.39 Å². The SMILES string of the molecule is CCON(c1csc(-c2cc(NCCc3c(F)cc(Br)cc3F)ncn2)c1)S(=O)O. The van der Waals surface area contributed by atoms with Gasteiger partial charge in [-0.05, 0) is 31.5 Å². The van der Waals surface area contributed by atoms with E-state index in [0.717, 1.165) is 9.35 Å². The fourth-order valence-corrected chi connectivity index (χ4v) is 4.38. The van der Waals surface area contributed by atoms with Gasteiger partial charge in [-0.1, -0.05) is 15.9 Å². The van der Waals surface area contributed by atoms with Crippen LogP contribution in [0.25, 0.3) is 10.6 Å². The summed E-state index contributed by atoms with van der Waals surface area (Å²) in [5, 5.41) is 4.70. The molecule has 2 N–H and O–H groups in total. The number of halogens is 3. The van der Waals surface area contributed by atoms with Crippen LogP contribution in [0.1, 0.15) is 12.5 Å². The molecule has 2 heterocycles. The summed E-state index contributed by atoms with van der Waals surface area (Å²) in [7, 11) is 0. The highest BCUT2D eigenvalue weighted by molar-refractivity contribution is 9.10. The van der Waals surface area contributed by atoms with Crippen LogP contribution in [0.3, 0.4) is 0 Å². The van der Waals surface area contributed by atoms with E-state index in [2.05, 4.69) is 31.2 Å². The van der Waals surface area contributed by atoms with Crippen LogP contribution < -0.4 is 9.79 Å². The van der Waals surface area contributed by atoms with Crippen LogP contribution in [-0.4, -0.2) is 31.9 Å². The Balaban J connectivity index is 1.69. The normalized spacial score (nSPS) is 12.0. The van der Waals surface area contributed by atoms with E-state index in [0.29, 0.717) is 21.7 Å². The Hall–Kier alpha value is -1.99. The third-order valence-electron chi connectivity index (χ3n) is 3.89. The first kappa shape index (κ1) is 22.7. The van der Waals surface area contributed by atoms with Crippen LogP contribution >= 0.6 is 27.3 Å². The zero-order valence-electron chi connectivity index (χ0n) is 15.6. The molecule has 0 aliphatic carbocycles. The molecule has 0 radical (unpaired) electrons. The van der Waals surface area contributed by atoms with Crippen molar-refractivity contribution < 1.29 is 22.4 Å². The second-order valence-corrected chi connectivity index (χ2v) is 8.51. The van der Waals surface area contributed by atoms with Gasteiger partial charge in [0, 0.05) is 28.0 Å². The summed E-state index contributed by atoms with van der Waals surface area (Å²) in [6, 6.07) is 5.80. The van der Waals surface area contributed by atoms with Gasteiger partial charge in [-0.25, -0.2) is 23.0 Å². The molecule has 3 aromatic rings. The molecule has 0 aliphatic heterocycles. The Bertz CT molecular complexity index is 1030. The van der Waals surface area contributed by atoms with Crippen molar-refractivity contribution in [2.24, 2.45) is 0 Å². The highest BCUT2D eigenvalue weighted by atomic mass is 79.9. The van der Waals surface area contributed by atoms with Crippen molar-refractivity contribution >= 4 is 50.0 Å². The third-order valence-corrected chi connectivity index (χ3v) is 5.89. The minimum Gasteiger partial charge on any atom is -0.370 e. The minimum absolute atomic E-state index is 0.00380. The molecule has 30 heavy (non-hydrogen) atoms. The number of benzene rings is 1. The summed E-state index contributed by atoms with van der Waals surface area (Å²) in [5.41, 5.74) is 1.01. The van der Waals surface area contributed by atoms with E-state index in [-0.39, 0.29) is 25.1 Å². The Kier molecular flexibility index (Phi) is 7.83. The van der Waals surface area contributed by atoms with Gasteiger partial charge in [0.15, 0.2) is 0 Å².